The highest BCUT2D eigenvalue weighted by Crippen LogP contribution is 2.31. The maximum Gasteiger partial charge on any atom is 0.268 e. The Balaban J connectivity index is 1.55. The molecule has 0 aromatic heterocycles. The minimum Gasteiger partial charge on any atom is -0.495 e. The minimum absolute atomic E-state index is 0.0554. The van der Waals surface area contributed by atoms with Gasteiger partial charge in [-0.2, -0.15) is 4.31 Å². The zero-order valence-corrected chi connectivity index (χ0v) is 23.7. The second kappa shape index (κ2) is 11.7. The predicted molar refractivity (Wildman–Crippen MR) is 150 cm³/mol. The number of ether oxygens (including phenoxy) is 1. The third-order valence-corrected chi connectivity index (χ3v) is 10.2. The lowest BCUT2D eigenvalue weighted by molar-refractivity contribution is -0.114. The van der Waals surface area contributed by atoms with E-state index in [4.69, 9.17) is 4.74 Å². The number of methoxy groups -OCH3 is 1. The van der Waals surface area contributed by atoms with E-state index in [0.717, 1.165) is 9.87 Å². The maximum atomic E-state index is 13.8. The first-order valence-corrected chi connectivity index (χ1v) is 15.2. The van der Waals surface area contributed by atoms with Crippen molar-refractivity contribution in [2.45, 2.75) is 16.7 Å². The number of carbonyl (C=O) groups excluding carboxylic acids is 1. The van der Waals surface area contributed by atoms with Crippen LogP contribution in [0, 0.1) is 6.92 Å². The van der Waals surface area contributed by atoms with Crippen LogP contribution in [0.1, 0.15) is 5.56 Å². The lowest BCUT2D eigenvalue weighted by Crippen LogP contribution is -2.46. The number of nitrogens with zero attached hydrogens (tertiary/aromatic N) is 3. The quantitative estimate of drug-likeness (QED) is 0.419. The highest BCUT2D eigenvalue weighted by Gasteiger charge is 2.31. The van der Waals surface area contributed by atoms with E-state index >= 15 is 0 Å². The van der Waals surface area contributed by atoms with Crippen LogP contribution in [-0.2, 0) is 24.8 Å². The van der Waals surface area contributed by atoms with Gasteiger partial charge in [0.05, 0.1) is 17.7 Å². The number of anilines is 2. The average Bonchev–Trinajstić information content (AvgIpc) is 2.92. The first kappa shape index (κ1) is 28.6. The van der Waals surface area contributed by atoms with Crippen LogP contribution in [0.5, 0.6) is 5.75 Å². The number of hydrogen-bond acceptors (Lipinski definition) is 7. The Morgan fingerprint density at radius 2 is 1.56 bits per heavy atom. The molecule has 3 aromatic rings. The number of piperazine rings is 1. The third kappa shape index (κ3) is 6.41. The summed E-state index contributed by atoms with van der Waals surface area (Å²) < 4.78 is 61.3. The van der Waals surface area contributed by atoms with Gasteiger partial charge in [-0.15, -0.1) is 0 Å². The number of carbonyl (C=O) groups is 1. The van der Waals surface area contributed by atoms with Crippen molar-refractivity contribution in [1.29, 1.82) is 0 Å². The van der Waals surface area contributed by atoms with E-state index in [0.29, 0.717) is 37.6 Å². The first-order valence-electron chi connectivity index (χ1n) is 12.3. The Hall–Kier alpha value is -3.45. The molecule has 1 saturated heterocycles. The Bertz CT molecular complexity index is 1520. The van der Waals surface area contributed by atoms with Gasteiger partial charge in [0.25, 0.3) is 10.0 Å². The van der Waals surface area contributed by atoms with Gasteiger partial charge in [-0.1, -0.05) is 24.3 Å². The van der Waals surface area contributed by atoms with E-state index < -0.39 is 32.5 Å². The molecule has 208 valence electrons. The van der Waals surface area contributed by atoms with E-state index in [-0.39, 0.29) is 15.5 Å². The van der Waals surface area contributed by atoms with Crippen molar-refractivity contribution in [3.63, 3.8) is 0 Å². The molecule has 1 amide bonds. The molecule has 0 aliphatic carbocycles. The van der Waals surface area contributed by atoms with Crippen LogP contribution in [0.3, 0.4) is 0 Å². The van der Waals surface area contributed by atoms with Crippen molar-refractivity contribution in [2.75, 3.05) is 56.5 Å². The number of aryl methyl sites for hydroxylation is 1. The lowest BCUT2D eigenvalue weighted by atomic mass is 10.2. The minimum atomic E-state index is -4.19. The van der Waals surface area contributed by atoms with E-state index in [1.54, 1.807) is 49.4 Å². The summed E-state index contributed by atoms with van der Waals surface area (Å²) in [4.78, 5) is 15.2. The SMILES string of the molecule is COc1ccc(C)cc1S(=O)(=O)N(CC(=O)Nc1ccc(S(=O)(=O)N2CCN(C)CC2)cc1)c1ccccc1. The Labute approximate surface area is 229 Å². The average molecular weight is 573 g/mol. The van der Waals surface area contributed by atoms with Gasteiger partial charge >= 0.3 is 0 Å². The highest BCUT2D eigenvalue weighted by molar-refractivity contribution is 7.93. The summed E-state index contributed by atoms with van der Waals surface area (Å²) in [6.07, 6.45) is 0. The van der Waals surface area contributed by atoms with Crippen LogP contribution >= 0.6 is 0 Å². The van der Waals surface area contributed by atoms with Crippen LogP contribution in [0.2, 0.25) is 0 Å². The topological polar surface area (TPSA) is 116 Å². The molecule has 3 aromatic carbocycles. The normalized spacial score (nSPS) is 15.1. The molecule has 1 fully saturated rings. The molecule has 39 heavy (non-hydrogen) atoms. The number of likely N-dealkylation sites (N-methyl/N-ethyl adjacent to an activating group) is 1. The fourth-order valence-corrected chi connectivity index (χ4v) is 7.32. The molecule has 0 atom stereocenters. The molecule has 1 aliphatic heterocycles. The molecule has 4 rings (SSSR count). The molecule has 12 heteroatoms. The van der Waals surface area contributed by atoms with Gasteiger partial charge in [-0.25, -0.2) is 16.8 Å². The van der Waals surface area contributed by atoms with E-state index in [1.165, 1.54) is 41.7 Å². The smallest absolute Gasteiger partial charge is 0.268 e. The number of para-hydroxylation sites is 1. The third-order valence-electron chi connectivity index (χ3n) is 6.46. The number of rotatable bonds is 9. The largest absolute Gasteiger partial charge is 0.495 e. The van der Waals surface area contributed by atoms with Crippen LogP contribution in [0.15, 0.2) is 82.6 Å². The molecule has 1 heterocycles. The van der Waals surface area contributed by atoms with E-state index in [2.05, 4.69) is 10.2 Å². The number of amides is 1. The molecule has 0 unspecified atom stereocenters. The zero-order valence-electron chi connectivity index (χ0n) is 22.1. The monoisotopic (exact) mass is 572 g/mol. The summed E-state index contributed by atoms with van der Waals surface area (Å²) in [5.41, 5.74) is 1.37. The van der Waals surface area contributed by atoms with Crippen molar-refractivity contribution in [1.82, 2.24) is 9.21 Å². The Morgan fingerprint density at radius 3 is 2.18 bits per heavy atom. The summed E-state index contributed by atoms with van der Waals surface area (Å²) in [5.74, 6) is -0.428. The summed E-state index contributed by atoms with van der Waals surface area (Å²) >= 11 is 0. The first-order chi connectivity index (χ1) is 18.5. The molecular weight excluding hydrogens is 540 g/mol. The summed E-state index contributed by atoms with van der Waals surface area (Å²) in [6, 6.07) is 19.0. The van der Waals surface area contributed by atoms with Crippen molar-refractivity contribution >= 4 is 37.3 Å². The van der Waals surface area contributed by atoms with Crippen molar-refractivity contribution in [3.05, 3.63) is 78.4 Å². The van der Waals surface area contributed by atoms with E-state index in [1.807, 2.05) is 7.05 Å². The molecule has 0 spiro atoms. The second-order valence-corrected chi connectivity index (χ2v) is 13.1. The second-order valence-electron chi connectivity index (χ2n) is 9.28. The van der Waals surface area contributed by atoms with Crippen molar-refractivity contribution in [3.8, 4) is 5.75 Å². The Morgan fingerprint density at radius 1 is 0.923 bits per heavy atom. The summed E-state index contributed by atoms with van der Waals surface area (Å²) in [6.45, 7) is 3.39. The van der Waals surface area contributed by atoms with Gasteiger partial charge in [0.15, 0.2) is 0 Å². The molecule has 10 nitrogen and oxygen atoms in total. The highest BCUT2D eigenvalue weighted by atomic mass is 32.2. The van der Waals surface area contributed by atoms with Gasteiger partial charge in [0, 0.05) is 31.9 Å². The number of sulfonamides is 2. The predicted octanol–water partition coefficient (Wildman–Crippen LogP) is 2.77. The molecular formula is C27H32N4O6S2. The standard InChI is InChI=1S/C27H32N4O6S2/c1-21-9-14-25(37-3)26(19-21)39(35,36)31(23-7-5-4-6-8-23)20-27(32)28-22-10-12-24(13-11-22)38(33,34)30-17-15-29(2)16-18-30/h4-14,19H,15-18,20H2,1-3H3,(H,28,32). The number of nitrogens with one attached hydrogen (secondary N) is 1. The fourth-order valence-electron chi connectivity index (χ4n) is 4.23. The Kier molecular flexibility index (Phi) is 8.60. The number of hydrogen-bond donors (Lipinski definition) is 1. The van der Waals surface area contributed by atoms with Crippen molar-refractivity contribution in [2.24, 2.45) is 0 Å². The van der Waals surface area contributed by atoms with E-state index in [9.17, 15) is 21.6 Å². The van der Waals surface area contributed by atoms with Gasteiger partial charge in [-0.3, -0.25) is 9.10 Å². The van der Waals surface area contributed by atoms with Gasteiger partial charge in [-0.05, 0) is 68.1 Å². The van der Waals surface area contributed by atoms with Crippen LogP contribution in [0.25, 0.3) is 0 Å². The van der Waals surface area contributed by atoms with Crippen molar-refractivity contribution < 1.29 is 26.4 Å². The maximum absolute atomic E-state index is 13.8. The van der Waals surface area contributed by atoms with Crippen LogP contribution in [-0.4, -0.2) is 78.8 Å². The van der Waals surface area contributed by atoms with Gasteiger partial charge < -0.3 is 15.0 Å². The lowest BCUT2D eigenvalue weighted by Gasteiger charge is -2.31. The van der Waals surface area contributed by atoms with Crippen LogP contribution in [0.4, 0.5) is 11.4 Å². The summed E-state index contributed by atoms with van der Waals surface area (Å²) in [5, 5.41) is 2.68. The molecule has 0 saturated carbocycles. The summed E-state index contributed by atoms with van der Waals surface area (Å²) in [7, 11) is -4.51. The van der Waals surface area contributed by atoms with Crippen LogP contribution < -0.4 is 14.4 Å². The molecule has 1 aliphatic rings. The zero-order chi connectivity index (χ0) is 28.2. The van der Waals surface area contributed by atoms with Gasteiger partial charge in [0.1, 0.15) is 17.2 Å². The fraction of sp³-hybridized carbons (Fsp3) is 0.296. The molecule has 0 radical (unpaired) electrons. The molecule has 1 N–H and O–H groups in total. The van der Waals surface area contributed by atoms with Gasteiger partial charge in [0.2, 0.25) is 15.9 Å². The molecule has 0 bridgehead atoms. The number of benzene rings is 3.